The summed E-state index contributed by atoms with van der Waals surface area (Å²) < 4.78 is 5.31. The fraction of sp³-hybridized carbons (Fsp3) is 0.484. The highest BCUT2D eigenvalue weighted by Gasteiger charge is 2.50. The van der Waals surface area contributed by atoms with Crippen molar-refractivity contribution in [3.8, 4) is 0 Å². The Kier molecular flexibility index (Phi) is 8.81. The molecule has 2 fully saturated rings. The van der Waals surface area contributed by atoms with Gasteiger partial charge >= 0.3 is 12.1 Å². The van der Waals surface area contributed by atoms with Crippen molar-refractivity contribution < 1.29 is 29.0 Å². The first-order valence-electron chi connectivity index (χ1n) is 13.9. The molecular weight excluding hydrogens is 510 g/mol. The van der Waals surface area contributed by atoms with E-state index in [1.807, 2.05) is 51.1 Å². The van der Waals surface area contributed by atoms with Crippen LogP contribution in [-0.2, 0) is 14.3 Å². The maximum atomic E-state index is 13.9. The van der Waals surface area contributed by atoms with E-state index in [9.17, 15) is 24.3 Å². The van der Waals surface area contributed by atoms with Crippen molar-refractivity contribution in [3.05, 3.63) is 71.3 Å². The first kappa shape index (κ1) is 29.1. The zero-order valence-corrected chi connectivity index (χ0v) is 23.3. The number of alkyl carbamates (subject to hydrolysis) is 1. The lowest BCUT2D eigenvalue weighted by molar-refractivity contribution is -0.142. The highest BCUT2D eigenvalue weighted by molar-refractivity contribution is 5.92. The van der Waals surface area contributed by atoms with Gasteiger partial charge in [0.1, 0.15) is 11.6 Å². The fourth-order valence-electron chi connectivity index (χ4n) is 6.20. The van der Waals surface area contributed by atoms with Crippen LogP contribution in [0, 0.1) is 11.8 Å². The summed E-state index contributed by atoms with van der Waals surface area (Å²) in [5, 5.41) is 12.7. The van der Waals surface area contributed by atoms with Gasteiger partial charge in [0.05, 0.1) is 5.56 Å². The molecule has 4 N–H and O–H groups in total. The standard InChI is InChI=1S/C31H39N3O6/c1-31(2,3)40-30(39)33-17-19-13-15-21(16-14-19)28(36)34-18-24(22-11-7-8-12-23(22)29(37)38)25(26(34)27(32)35)20-9-5-4-6-10-20/h4-12,19,21,24-26H,13-18H2,1-3H3,(H2,32,35)(H,33,39)(H,37,38)/t19-,21-,24?,25-,26+/m1/s1. The van der Waals surface area contributed by atoms with E-state index in [0.29, 0.717) is 24.9 Å². The molecule has 1 saturated carbocycles. The second-order valence-electron chi connectivity index (χ2n) is 11.9. The largest absolute Gasteiger partial charge is 0.478 e. The van der Waals surface area contributed by atoms with Gasteiger partial charge in [-0.2, -0.15) is 0 Å². The van der Waals surface area contributed by atoms with Gasteiger partial charge in [-0.25, -0.2) is 9.59 Å². The Hall–Kier alpha value is -3.88. The van der Waals surface area contributed by atoms with Crippen LogP contribution in [0.5, 0.6) is 0 Å². The van der Waals surface area contributed by atoms with Crippen LogP contribution in [-0.4, -0.2) is 58.6 Å². The number of carbonyl (C=O) groups is 4. The summed E-state index contributed by atoms with van der Waals surface area (Å²) in [5.41, 5.74) is 6.96. The van der Waals surface area contributed by atoms with Gasteiger partial charge in [0.25, 0.3) is 0 Å². The number of carboxylic acids is 1. The summed E-state index contributed by atoms with van der Waals surface area (Å²) in [6, 6.07) is 15.3. The van der Waals surface area contributed by atoms with E-state index in [-0.39, 0.29) is 29.9 Å². The molecule has 2 aromatic rings. The SMILES string of the molecule is CC(C)(C)OC(=O)NC[C@H]1CC[C@H](C(=O)N2CC(c3ccccc3C(=O)O)[C@@H](c3ccccc3)[C@H]2C(N)=O)CC1. The number of nitrogens with two attached hydrogens (primary N) is 1. The predicted octanol–water partition coefficient (Wildman–Crippen LogP) is 4.28. The molecule has 9 nitrogen and oxygen atoms in total. The third-order valence-corrected chi connectivity index (χ3v) is 7.98. The summed E-state index contributed by atoms with van der Waals surface area (Å²) in [6.07, 6.45) is 2.33. The van der Waals surface area contributed by atoms with Crippen molar-refractivity contribution in [1.29, 1.82) is 0 Å². The number of likely N-dealkylation sites (tertiary alicyclic amines) is 1. The second-order valence-corrected chi connectivity index (χ2v) is 11.9. The van der Waals surface area contributed by atoms with Crippen molar-refractivity contribution in [2.75, 3.05) is 13.1 Å². The average Bonchev–Trinajstić information content (AvgIpc) is 3.32. The maximum absolute atomic E-state index is 13.9. The number of hydrogen-bond donors (Lipinski definition) is 3. The topological polar surface area (TPSA) is 139 Å². The lowest BCUT2D eigenvalue weighted by Crippen LogP contribution is -2.48. The number of primary amides is 1. The number of ether oxygens (including phenoxy) is 1. The van der Waals surface area contributed by atoms with E-state index in [0.717, 1.165) is 18.4 Å². The van der Waals surface area contributed by atoms with E-state index in [2.05, 4.69) is 5.32 Å². The number of nitrogens with zero attached hydrogens (tertiary/aromatic N) is 1. The van der Waals surface area contributed by atoms with Gasteiger partial charge in [0, 0.05) is 30.8 Å². The van der Waals surface area contributed by atoms with Crippen molar-refractivity contribution in [1.82, 2.24) is 10.2 Å². The Morgan fingerprint density at radius 3 is 2.20 bits per heavy atom. The van der Waals surface area contributed by atoms with Crippen molar-refractivity contribution in [2.45, 2.75) is 69.9 Å². The number of benzene rings is 2. The van der Waals surface area contributed by atoms with Crippen LogP contribution in [0.4, 0.5) is 4.79 Å². The summed E-state index contributed by atoms with van der Waals surface area (Å²) in [4.78, 5) is 52.6. The first-order chi connectivity index (χ1) is 19.0. The van der Waals surface area contributed by atoms with E-state index < -0.39 is 41.4 Å². The molecule has 9 heteroatoms. The minimum absolute atomic E-state index is 0.126. The van der Waals surface area contributed by atoms with Crippen LogP contribution in [0.1, 0.15) is 79.8 Å². The van der Waals surface area contributed by atoms with Crippen LogP contribution < -0.4 is 11.1 Å². The van der Waals surface area contributed by atoms with Crippen molar-refractivity contribution in [2.24, 2.45) is 17.6 Å². The van der Waals surface area contributed by atoms with Crippen LogP contribution in [0.2, 0.25) is 0 Å². The lowest BCUT2D eigenvalue weighted by Gasteiger charge is -2.33. The van der Waals surface area contributed by atoms with E-state index in [1.54, 1.807) is 29.2 Å². The minimum atomic E-state index is -1.05. The molecule has 1 aliphatic carbocycles. The van der Waals surface area contributed by atoms with Gasteiger partial charge in [-0.05, 0) is 69.6 Å². The molecule has 4 rings (SSSR count). The molecule has 0 spiro atoms. The summed E-state index contributed by atoms with van der Waals surface area (Å²) in [6.45, 7) is 6.13. The van der Waals surface area contributed by atoms with Crippen molar-refractivity contribution >= 4 is 23.9 Å². The lowest BCUT2D eigenvalue weighted by atomic mass is 9.78. The minimum Gasteiger partial charge on any atom is -0.478 e. The third-order valence-electron chi connectivity index (χ3n) is 7.98. The maximum Gasteiger partial charge on any atom is 0.407 e. The van der Waals surface area contributed by atoms with Gasteiger partial charge in [-0.1, -0.05) is 48.5 Å². The van der Waals surface area contributed by atoms with E-state index in [1.165, 1.54) is 0 Å². The Balaban J connectivity index is 1.53. The predicted molar refractivity (Wildman–Crippen MR) is 150 cm³/mol. The monoisotopic (exact) mass is 549 g/mol. The molecular formula is C31H39N3O6. The zero-order valence-electron chi connectivity index (χ0n) is 23.3. The smallest absolute Gasteiger partial charge is 0.407 e. The van der Waals surface area contributed by atoms with E-state index >= 15 is 0 Å². The fourth-order valence-corrected chi connectivity index (χ4v) is 6.20. The van der Waals surface area contributed by atoms with Gasteiger partial charge in [0.15, 0.2) is 0 Å². The zero-order chi connectivity index (χ0) is 29.0. The molecule has 3 amide bonds. The molecule has 1 aliphatic heterocycles. The van der Waals surface area contributed by atoms with Crippen LogP contribution >= 0.6 is 0 Å². The molecule has 40 heavy (non-hydrogen) atoms. The molecule has 0 bridgehead atoms. The molecule has 3 atom stereocenters. The molecule has 214 valence electrons. The average molecular weight is 550 g/mol. The number of aromatic carboxylic acids is 1. The van der Waals surface area contributed by atoms with Crippen LogP contribution in [0.3, 0.4) is 0 Å². The summed E-state index contributed by atoms with van der Waals surface area (Å²) in [5.74, 6) is -2.71. The third kappa shape index (κ3) is 6.63. The molecule has 2 aromatic carbocycles. The summed E-state index contributed by atoms with van der Waals surface area (Å²) in [7, 11) is 0. The van der Waals surface area contributed by atoms with Gasteiger partial charge in [-0.3, -0.25) is 9.59 Å². The molecule has 1 saturated heterocycles. The molecule has 0 radical (unpaired) electrons. The Morgan fingerprint density at radius 1 is 0.975 bits per heavy atom. The Labute approximate surface area is 235 Å². The van der Waals surface area contributed by atoms with Crippen LogP contribution in [0.25, 0.3) is 0 Å². The van der Waals surface area contributed by atoms with Gasteiger partial charge in [0.2, 0.25) is 11.8 Å². The highest BCUT2D eigenvalue weighted by atomic mass is 16.6. The van der Waals surface area contributed by atoms with Gasteiger partial charge < -0.3 is 25.8 Å². The number of nitrogens with one attached hydrogen (secondary N) is 1. The quantitative estimate of drug-likeness (QED) is 0.471. The van der Waals surface area contributed by atoms with Crippen LogP contribution in [0.15, 0.2) is 54.6 Å². The van der Waals surface area contributed by atoms with Gasteiger partial charge in [-0.15, -0.1) is 0 Å². The number of hydrogen-bond acceptors (Lipinski definition) is 5. The molecule has 1 heterocycles. The van der Waals surface area contributed by atoms with E-state index in [4.69, 9.17) is 10.5 Å². The second kappa shape index (κ2) is 12.1. The van der Waals surface area contributed by atoms with Crippen molar-refractivity contribution in [3.63, 3.8) is 0 Å². The Morgan fingerprint density at radius 2 is 1.60 bits per heavy atom. The highest BCUT2D eigenvalue weighted by Crippen LogP contribution is 2.46. The first-order valence-corrected chi connectivity index (χ1v) is 13.9. The summed E-state index contributed by atoms with van der Waals surface area (Å²) >= 11 is 0. The molecule has 2 aliphatic rings. The number of rotatable bonds is 7. The number of amides is 3. The Bertz CT molecular complexity index is 1230. The normalized spacial score (nSPS) is 24.8. The number of carboxylic acid groups (broad SMARTS) is 1. The molecule has 1 unspecified atom stereocenters. The number of carbonyl (C=O) groups excluding carboxylic acids is 3. The molecule has 0 aromatic heterocycles.